The summed E-state index contributed by atoms with van der Waals surface area (Å²) in [5.74, 6) is 0.0132. The van der Waals surface area contributed by atoms with Gasteiger partial charge in [-0.15, -0.1) is 0 Å². The molecule has 6 nitrogen and oxygen atoms in total. The number of amides is 3. The fraction of sp³-hybridized carbons (Fsp3) is 0.438. The van der Waals surface area contributed by atoms with Crippen LogP contribution in [-0.2, 0) is 16.1 Å². The number of nitrogens with one attached hydrogen (secondary N) is 3. The van der Waals surface area contributed by atoms with Gasteiger partial charge in [0.1, 0.15) is 0 Å². The first-order valence-corrected chi connectivity index (χ1v) is 7.45. The molecule has 1 aromatic rings. The average Bonchev–Trinajstić information content (AvgIpc) is 3.34. The molecule has 1 aliphatic rings. The molecule has 0 spiro atoms. The molecule has 1 saturated carbocycles. The zero-order valence-corrected chi connectivity index (χ0v) is 12.6. The van der Waals surface area contributed by atoms with E-state index in [1.807, 2.05) is 12.1 Å². The van der Waals surface area contributed by atoms with Crippen molar-refractivity contribution in [2.45, 2.75) is 26.3 Å². The van der Waals surface area contributed by atoms with Crippen molar-refractivity contribution in [3.8, 4) is 0 Å². The van der Waals surface area contributed by atoms with Crippen LogP contribution >= 0.6 is 0 Å². The van der Waals surface area contributed by atoms with Crippen molar-refractivity contribution in [3.63, 3.8) is 0 Å². The van der Waals surface area contributed by atoms with Crippen LogP contribution in [0.2, 0.25) is 0 Å². The highest BCUT2D eigenvalue weighted by atomic mass is 16.2. The quantitative estimate of drug-likeness (QED) is 0.644. The summed E-state index contributed by atoms with van der Waals surface area (Å²) in [4.78, 5) is 34.1. The second-order valence-electron chi connectivity index (χ2n) is 5.43. The Bertz CT molecular complexity index is 550. The van der Waals surface area contributed by atoms with E-state index in [4.69, 9.17) is 0 Å². The zero-order chi connectivity index (χ0) is 15.9. The summed E-state index contributed by atoms with van der Waals surface area (Å²) >= 11 is 0. The molecule has 0 aliphatic heterocycles. The molecule has 6 heteroatoms. The summed E-state index contributed by atoms with van der Waals surface area (Å²) in [5.41, 5.74) is 1.52. The molecule has 0 aromatic heterocycles. The number of benzene rings is 1. The van der Waals surface area contributed by atoms with E-state index in [2.05, 4.69) is 16.0 Å². The van der Waals surface area contributed by atoms with E-state index in [9.17, 15) is 14.4 Å². The van der Waals surface area contributed by atoms with Crippen molar-refractivity contribution in [2.75, 3.05) is 13.1 Å². The van der Waals surface area contributed by atoms with E-state index in [1.165, 1.54) is 6.92 Å². The number of hydrogen-bond donors (Lipinski definition) is 3. The number of rotatable bonds is 7. The second kappa shape index (κ2) is 7.59. The van der Waals surface area contributed by atoms with Crippen LogP contribution in [0.3, 0.4) is 0 Å². The average molecular weight is 303 g/mol. The SMILES string of the molecule is CC(=O)NCCNC(=O)c1ccc(CNC(=O)C2CC2)cc1. The van der Waals surface area contributed by atoms with Gasteiger partial charge in [-0.25, -0.2) is 0 Å². The molecule has 1 aliphatic carbocycles. The van der Waals surface area contributed by atoms with Crippen LogP contribution in [0.1, 0.15) is 35.7 Å². The van der Waals surface area contributed by atoms with Gasteiger partial charge in [0.15, 0.2) is 0 Å². The van der Waals surface area contributed by atoms with E-state index in [0.29, 0.717) is 25.2 Å². The first kappa shape index (κ1) is 16.0. The van der Waals surface area contributed by atoms with Crippen LogP contribution in [-0.4, -0.2) is 30.8 Å². The molecule has 0 unspecified atom stereocenters. The van der Waals surface area contributed by atoms with Crippen molar-refractivity contribution in [3.05, 3.63) is 35.4 Å². The van der Waals surface area contributed by atoms with Gasteiger partial charge in [0.2, 0.25) is 11.8 Å². The van der Waals surface area contributed by atoms with Crippen molar-refractivity contribution >= 4 is 17.7 Å². The first-order valence-electron chi connectivity index (χ1n) is 7.45. The Labute approximate surface area is 129 Å². The van der Waals surface area contributed by atoms with Crippen LogP contribution in [0.15, 0.2) is 24.3 Å². The molecule has 0 atom stereocenters. The number of carbonyl (C=O) groups is 3. The molecule has 1 fully saturated rings. The minimum Gasteiger partial charge on any atom is -0.355 e. The Morgan fingerprint density at radius 3 is 2.23 bits per heavy atom. The van der Waals surface area contributed by atoms with Gasteiger partial charge in [0.05, 0.1) is 0 Å². The Morgan fingerprint density at radius 2 is 1.64 bits per heavy atom. The molecule has 3 amide bonds. The van der Waals surface area contributed by atoms with Gasteiger partial charge in [-0.05, 0) is 30.5 Å². The fourth-order valence-corrected chi connectivity index (χ4v) is 1.97. The van der Waals surface area contributed by atoms with E-state index >= 15 is 0 Å². The highest BCUT2D eigenvalue weighted by molar-refractivity contribution is 5.94. The van der Waals surface area contributed by atoms with Gasteiger partial charge in [0.25, 0.3) is 5.91 Å². The third-order valence-electron chi connectivity index (χ3n) is 3.42. The van der Waals surface area contributed by atoms with Crippen LogP contribution in [0.4, 0.5) is 0 Å². The largest absolute Gasteiger partial charge is 0.355 e. The molecular weight excluding hydrogens is 282 g/mol. The summed E-state index contributed by atoms with van der Waals surface area (Å²) in [6, 6.07) is 7.12. The van der Waals surface area contributed by atoms with E-state index in [0.717, 1.165) is 18.4 Å². The van der Waals surface area contributed by atoms with Gasteiger partial charge < -0.3 is 16.0 Å². The summed E-state index contributed by atoms with van der Waals surface area (Å²) in [5, 5.41) is 8.22. The van der Waals surface area contributed by atoms with Crippen molar-refractivity contribution in [1.29, 1.82) is 0 Å². The van der Waals surface area contributed by atoms with Gasteiger partial charge in [-0.3, -0.25) is 14.4 Å². The van der Waals surface area contributed by atoms with Gasteiger partial charge in [-0.2, -0.15) is 0 Å². The third kappa shape index (κ3) is 5.20. The van der Waals surface area contributed by atoms with E-state index in [-0.39, 0.29) is 23.6 Å². The Kier molecular flexibility index (Phi) is 5.52. The molecule has 118 valence electrons. The molecule has 22 heavy (non-hydrogen) atoms. The van der Waals surface area contributed by atoms with Gasteiger partial charge in [0, 0.05) is 38.0 Å². The Balaban J connectivity index is 1.74. The lowest BCUT2D eigenvalue weighted by molar-refractivity contribution is -0.122. The lowest BCUT2D eigenvalue weighted by Gasteiger charge is -2.07. The molecule has 0 saturated heterocycles. The number of hydrogen-bond acceptors (Lipinski definition) is 3. The summed E-state index contributed by atoms with van der Waals surface area (Å²) in [6.07, 6.45) is 1.98. The van der Waals surface area contributed by atoms with Crippen LogP contribution in [0, 0.1) is 5.92 Å². The highest BCUT2D eigenvalue weighted by Crippen LogP contribution is 2.28. The minimum atomic E-state index is -0.182. The van der Waals surface area contributed by atoms with Crippen molar-refractivity contribution in [2.24, 2.45) is 5.92 Å². The zero-order valence-electron chi connectivity index (χ0n) is 12.6. The Hall–Kier alpha value is -2.37. The summed E-state index contributed by atoms with van der Waals surface area (Å²) in [6.45, 7) is 2.71. The maximum absolute atomic E-state index is 11.9. The van der Waals surface area contributed by atoms with Crippen molar-refractivity contribution in [1.82, 2.24) is 16.0 Å². The van der Waals surface area contributed by atoms with E-state index in [1.54, 1.807) is 12.1 Å². The lowest BCUT2D eigenvalue weighted by atomic mass is 10.1. The predicted molar refractivity (Wildman–Crippen MR) is 82.0 cm³/mol. The summed E-state index contributed by atoms with van der Waals surface area (Å²) in [7, 11) is 0. The van der Waals surface area contributed by atoms with Crippen LogP contribution in [0.5, 0.6) is 0 Å². The number of carbonyl (C=O) groups excluding carboxylic acids is 3. The topological polar surface area (TPSA) is 87.3 Å². The maximum atomic E-state index is 11.9. The molecule has 3 N–H and O–H groups in total. The standard InChI is InChI=1S/C16H21N3O3/c1-11(20)17-8-9-18-15(21)13-4-2-12(3-5-13)10-19-16(22)14-6-7-14/h2-5,14H,6-10H2,1H3,(H,17,20)(H,18,21)(H,19,22). The summed E-state index contributed by atoms with van der Waals surface area (Å²) < 4.78 is 0. The molecule has 2 rings (SSSR count). The normalized spacial score (nSPS) is 13.3. The van der Waals surface area contributed by atoms with Crippen LogP contribution in [0.25, 0.3) is 0 Å². The highest BCUT2D eigenvalue weighted by Gasteiger charge is 2.29. The third-order valence-corrected chi connectivity index (χ3v) is 3.42. The molecule has 0 radical (unpaired) electrons. The molecule has 1 aromatic carbocycles. The predicted octanol–water partition coefficient (Wildman–Crippen LogP) is 0.579. The van der Waals surface area contributed by atoms with Gasteiger partial charge in [-0.1, -0.05) is 12.1 Å². The van der Waals surface area contributed by atoms with Gasteiger partial charge >= 0.3 is 0 Å². The molecule has 0 heterocycles. The first-order chi connectivity index (χ1) is 10.6. The molecular formula is C16H21N3O3. The monoisotopic (exact) mass is 303 g/mol. The lowest BCUT2D eigenvalue weighted by Crippen LogP contribution is -2.33. The Morgan fingerprint density at radius 1 is 1.00 bits per heavy atom. The second-order valence-corrected chi connectivity index (χ2v) is 5.43. The fourth-order valence-electron chi connectivity index (χ4n) is 1.97. The minimum absolute atomic E-state index is 0.111. The smallest absolute Gasteiger partial charge is 0.251 e. The van der Waals surface area contributed by atoms with Crippen molar-refractivity contribution < 1.29 is 14.4 Å². The van der Waals surface area contributed by atoms with E-state index < -0.39 is 0 Å². The molecule has 0 bridgehead atoms. The maximum Gasteiger partial charge on any atom is 0.251 e. The van der Waals surface area contributed by atoms with Crippen LogP contribution < -0.4 is 16.0 Å².